The molecule has 0 unspecified atom stereocenters. The summed E-state index contributed by atoms with van der Waals surface area (Å²) in [6.07, 6.45) is 0. The number of para-hydroxylation sites is 3. The molecule has 0 atom stereocenters. The molecule has 3 aromatic rings. The van der Waals surface area contributed by atoms with Crippen LogP contribution in [0.15, 0.2) is 47.4 Å². The van der Waals surface area contributed by atoms with Gasteiger partial charge in [0.2, 0.25) is 5.95 Å². The Balaban J connectivity index is 2.01. The average molecular weight is 306 g/mol. The Kier molecular flexibility index (Phi) is 3.02. The molecule has 0 saturated heterocycles. The van der Waals surface area contributed by atoms with Crippen LogP contribution in [-0.4, -0.2) is 18.4 Å². The minimum absolute atomic E-state index is 0.0415. The minimum atomic E-state index is -4.02. The number of hydrogen-bond acceptors (Lipinski definition) is 4. The zero-order valence-corrected chi connectivity index (χ0v) is 11.5. The van der Waals surface area contributed by atoms with E-state index in [0.717, 1.165) is 6.07 Å². The number of benzene rings is 2. The Morgan fingerprint density at radius 1 is 1.14 bits per heavy atom. The van der Waals surface area contributed by atoms with Crippen molar-refractivity contribution in [2.75, 3.05) is 10.5 Å². The van der Waals surface area contributed by atoms with Crippen molar-refractivity contribution in [2.24, 2.45) is 0 Å². The fourth-order valence-electron chi connectivity index (χ4n) is 1.93. The van der Waals surface area contributed by atoms with E-state index in [9.17, 15) is 12.8 Å². The number of sulfonamides is 1. The molecule has 0 fully saturated rings. The van der Waals surface area contributed by atoms with Crippen LogP contribution < -0.4 is 10.5 Å². The van der Waals surface area contributed by atoms with Gasteiger partial charge in [-0.1, -0.05) is 18.2 Å². The van der Waals surface area contributed by atoms with E-state index in [1.807, 2.05) is 0 Å². The van der Waals surface area contributed by atoms with Crippen LogP contribution in [0.2, 0.25) is 0 Å². The number of nitrogen functional groups attached to an aromatic ring is 1. The second kappa shape index (κ2) is 4.74. The molecule has 0 spiro atoms. The first-order valence-corrected chi connectivity index (χ1v) is 7.47. The van der Waals surface area contributed by atoms with Crippen molar-refractivity contribution in [3.63, 3.8) is 0 Å². The molecule has 3 rings (SSSR count). The van der Waals surface area contributed by atoms with Crippen LogP contribution >= 0.6 is 0 Å². The average Bonchev–Trinajstić information content (AvgIpc) is 2.82. The van der Waals surface area contributed by atoms with Crippen LogP contribution in [-0.2, 0) is 10.0 Å². The normalized spacial score (nSPS) is 11.7. The number of aromatic nitrogens is 2. The molecule has 108 valence electrons. The maximum atomic E-state index is 13.4. The van der Waals surface area contributed by atoms with Crippen molar-refractivity contribution in [1.82, 2.24) is 9.97 Å². The summed E-state index contributed by atoms with van der Waals surface area (Å²) in [5, 5.41) is 0. The molecule has 0 aliphatic carbocycles. The Morgan fingerprint density at radius 2 is 1.90 bits per heavy atom. The van der Waals surface area contributed by atoms with Gasteiger partial charge in [0.1, 0.15) is 10.7 Å². The van der Waals surface area contributed by atoms with Gasteiger partial charge in [0.05, 0.1) is 16.7 Å². The largest absolute Gasteiger partial charge is 0.395 e. The summed E-state index contributed by atoms with van der Waals surface area (Å²) in [4.78, 5) is 6.58. The first-order valence-electron chi connectivity index (χ1n) is 5.99. The summed E-state index contributed by atoms with van der Waals surface area (Å²) < 4.78 is 40.1. The third kappa shape index (κ3) is 2.40. The highest BCUT2D eigenvalue weighted by atomic mass is 32.2. The van der Waals surface area contributed by atoms with Gasteiger partial charge in [-0.15, -0.1) is 0 Å². The fraction of sp³-hybridized carbons (Fsp3) is 0. The zero-order chi connectivity index (χ0) is 15.0. The fourth-order valence-corrected chi connectivity index (χ4v) is 3.04. The van der Waals surface area contributed by atoms with E-state index in [1.54, 1.807) is 24.3 Å². The molecule has 0 radical (unpaired) electrons. The molecule has 8 heteroatoms. The lowest BCUT2D eigenvalue weighted by Gasteiger charge is -2.08. The number of rotatable bonds is 3. The molecular weight excluding hydrogens is 295 g/mol. The molecule has 1 aromatic heterocycles. The maximum Gasteiger partial charge on any atom is 0.266 e. The predicted octanol–water partition coefficient (Wildman–Crippen LogP) is 2.08. The molecule has 0 bridgehead atoms. The number of hydrogen-bond donors (Lipinski definition) is 3. The van der Waals surface area contributed by atoms with Gasteiger partial charge >= 0.3 is 0 Å². The SMILES string of the molecule is Nc1c(F)cccc1S(=O)(=O)Nc1nc2ccccc2[nH]1. The van der Waals surface area contributed by atoms with Crippen molar-refractivity contribution < 1.29 is 12.8 Å². The first-order chi connectivity index (χ1) is 9.97. The van der Waals surface area contributed by atoms with Crippen molar-refractivity contribution >= 4 is 32.7 Å². The predicted molar refractivity (Wildman–Crippen MR) is 77.7 cm³/mol. The maximum absolute atomic E-state index is 13.4. The third-order valence-electron chi connectivity index (χ3n) is 2.92. The van der Waals surface area contributed by atoms with E-state index in [2.05, 4.69) is 14.7 Å². The number of imidazole rings is 1. The summed E-state index contributed by atoms with van der Waals surface area (Å²) in [6.45, 7) is 0. The zero-order valence-electron chi connectivity index (χ0n) is 10.7. The molecule has 0 amide bonds. The highest BCUT2D eigenvalue weighted by Gasteiger charge is 2.20. The number of nitrogens with two attached hydrogens (primary N) is 1. The van der Waals surface area contributed by atoms with E-state index in [-0.39, 0.29) is 10.8 Å². The topological polar surface area (TPSA) is 101 Å². The van der Waals surface area contributed by atoms with Gasteiger partial charge < -0.3 is 10.7 Å². The van der Waals surface area contributed by atoms with Crippen LogP contribution in [0.3, 0.4) is 0 Å². The van der Waals surface area contributed by atoms with Gasteiger partial charge in [-0.2, -0.15) is 0 Å². The standard InChI is InChI=1S/C13H11FN4O2S/c14-8-4-3-7-11(12(8)15)21(19,20)18-13-16-9-5-1-2-6-10(9)17-13/h1-7H,15H2,(H2,16,17,18). The van der Waals surface area contributed by atoms with Crippen LogP contribution in [0.1, 0.15) is 0 Å². The molecule has 2 aromatic carbocycles. The first kappa shape index (κ1) is 13.4. The molecular formula is C13H11FN4O2S. The molecule has 21 heavy (non-hydrogen) atoms. The van der Waals surface area contributed by atoms with Gasteiger partial charge in [-0.3, -0.25) is 0 Å². The summed E-state index contributed by atoms with van der Waals surface area (Å²) in [7, 11) is -4.02. The minimum Gasteiger partial charge on any atom is -0.395 e. The Labute approximate surface area is 119 Å². The number of H-pyrrole nitrogens is 1. The smallest absolute Gasteiger partial charge is 0.266 e. The van der Waals surface area contributed by atoms with Gasteiger partial charge in [0.15, 0.2) is 0 Å². The second-order valence-electron chi connectivity index (χ2n) is 4.36. The lowest BCUT2D eigenvalue weighted by atomic mass is 10.3. The van der Waals surface area contributed by atoms with Crippen molar-refractivity contribution in [2.45, 2.75) is 4.90 Å². The van der Waals surface area contributed by atoms with Gasteiger partial charge in [0, 0.05) is 0 Å². The van der Waals surface area contributed by atoms with E-state index in [4.69, 9.17) is 5.73 Å². The van der Waals surface area contributed by atoms with E-state index >= 15 is 0 Å². The number of aromatic amines is 1. The van der Waals surface area contributed by atoms with E-state index in [0.29, 0.717) is 11.0 Å². The number of nitrogens with zero attached hydrogens (tertiary/aromatic N) is 1. The van der Waals surface area contributed by atoms with Gasteiger partial charge in [-0.25, -0.2) is 22.5 Å². The van der Waals surface area contributed by atoms with Crippen LogP contribution in [0, 0.1) is 5.82 Å². The monoisotopic (exact) mass is 306 g/mol. The molecule has 6 nitrogen and oxygen atoms in total. The Hall–Kier alpha value is -2.61. The highest BCUT2D eigenvalue weighted by Crippen LogP contribution is 2.23. The Bertz CT molecular complexity index is 888. The summed E-state index contributed by atoms with van der Waals surface area (Å²) in [6, 6.07) is 10.7. The summed E-state index contributed by atoms with van der Waals surface area (Å²) in [5.41, 5.74) is 6.34. The number of anilines is 2. The highest BCUT2D eigenvalue weighted by molar-refractivity contribution is 7.92. The molecule has 0 saturated carbocycles. The molecule has 1 heterocycles. The quantitative estimate of drug-likeness (QED) is 0.645. The van der Waals surface area contributed by atoms with Crippen molar-refractivity contribution in [1.29, 1.82) is 0 Å². The third-order valence-corrected chi connectivity index (χ3v) is 4.32. The Morgan fingerprint density at radius 3 is 2.67 bits per heavy atom. The summed E-state index contributed by atoms with van der Waals surface area (Å²) >= 11 is 0. The van der Waals surface area contributed by atoms with Crippen LogP contribution in [0.5, 0.6) is 0 Å². The lowest BCUT2D eigenvalue weighted by molar-refractivity contribution is 0.597. The van der Waals surface area contributed by atoms with Crippen molar-refractivity contribution in [3.8, 4) is 0 Å². The van der Waals surface area contributed by atoms with Crippen LogP contribution in [0.4, 0.5) is 16.0 Å². The van der Waals surface area contributed by atoms with E-state index < -0.39 is 21.5 Å². The molecule has 4 N–H and O–H groups in total. The van der Waals surface area contributed by atoms with Gasteiger partial charge in [0.25, 0.3) is 10.0 Å². The molecule has 0 aliphatic heterocycles. The van der Waals surface area contributed by atoms with E-state index in [1.165, 1.54) is 12.1 Å². The number of fused-ring (bicyclic) bond motifs is 1. The number of nitrogens with one attached hydrogen (secondary N) is 2. The van der Waals surface area contributed by atoms with Gasteiger partial charge in [-0.05, 0) is 24.3 Å². The second-order valence-corrected chi connectivity index (χ2v) is 6.01. The van der Waals surface area contributed by atoms with Crippen molar-refractivity contribution in [3.05, 3.63) is 48.3 Å². The lowest BCUT2D eigenvalue weighted by Crippen LogP contribution is -2.16. The van der Waals surface area contributed by atoms with Crippen LogP contribution in [0.25, 0.3) is 11.0 Å². The molecule has 0 aliphatic rings. The number of halogens is 1. The summed E-state index contributed by atoms with van der Waals surface area (Å²) in [5.74, 6) is -0.748.